The zero-order chi connectivity index (χ0) is 14.2. The number of hydrogen-bond donors (Lipinski definition) is 2. The second-order valence-corrected chi connectivity index (χ2v) is 4.07. The Labute approximate surface area is 107 Å². The lowest BCUT2D eigenvalue weighted by Crippen LogP contribution is -2.20. The minimum Gasteiger partial charge on any atom is -0.506 e. The van der Waals surface area contributed by atoms with Gasteiger partial charge in [0.25, 0.3) is 5.56 Å². The minimum absolute atomic E-state index is 0.0674. The van der Waals surface area contributed by atoms with Gasteiger partial charge in [0.15, 0.2) is 5.56 Å². The number of carbonyl (C=O) groups is 1. The third kappa shape index (κ3) is 2.16. The first-order chi connectivity index (χ1) is 8.95. The molecule has 1 aromatic heterocycles. The predicted molar refractivity (Wildman–Crippen MR) is 66.9 cm³/mol. The molecule has 2 N–H and O–H groups in total. The monoisotopic (exact) mass is 265 g/mol. The van der Waals surface area contributed by atoms with Crippen LogP contribution in [0.25, 0.3) is 10.9 Å². The van der Waals surface area contributed by atoms with Gasteiger partial charge in [0, 0.05) is 5.39 Å². The highest BCUT2D eigenvalue weighted by Gasteiger charge is 2.21. The fraction of sp³-hybridized carbons (Fsp3) is 0.231. The van der Waals surface area contributed by atoms with E-state index in [0.29, 0.717) is 5.56 Å². The number of nitrogens with one attached hydrogen (secondary N) is 1. The van der Waals surface area contributed by atoms with Crippen molar-refractivity contribution in [3.63, 3.8) is 0 Å². The van der Waals surface area contributed by atoms with Crippen molar-refractivity contribution in [2.75, 3.05) is 6.61 Å². The molecule has 0 fully saturated rings. The molecular formula is C13H12FNO4. The molecule has 2 aromatic rings. The van der Waals surface area contributed by atoms with E-state index in [2.05, 4.69) is 9.72 Å². The fourth-order valence-corrected chi connectivity index (χ4v) is 1.87. The molecule has 0 saturated heterocycles. The van der Waals surface area contributed by atoms with Gasteiger partial charge in [0.2, 0.25) is 0 Å². The van der Waals surface area contributed by atoms with Crippen molar-refractivity contribution < 1.29 is 19.0 Å². The molecule has 0 aliphatic heterocycles. The lowest BCUT2D eigenvalue weighted by Gasteiger charge is -2.08. The Morgan fingerprint density at radius 2 is 2.16 bits per heavy atom. The van der Waals surface area contributed by atoms with Crippen LogP contribution in [0.4, 0.5) is 4.39 Å². The van der Waals surface area contributed by atoms with E-state index in [-0.39, 0.29) is 17.5 Å². The maximum atomic E-state index is 13.7. The van der Waals surface area contributed by atoms with E-state index >= 15 is 0 Å². The summed E-state index contributed by atoms with van der Waals surface area (Å²) in [6, 6.07) is 2.70. The summed E-state index contributed by atoms with van der Waals surface area (Å²) in [7, 11) is 0. The number of halogens is 1. The van der Waals surface area contributed by atoms with Gasteiger partial charge in [0.05, 0.1) is 12.1 Å². The van der Waals surface area contributed by atoms with Crippen LogP contribution in [0.3, 0.4) is 0 Å². The average Bonchev–Trinajstić information content (AvgIpc) is 2.31. The van der Waals surface area contributed by atoms with Crippen LogP contribution in [0.1, 0.15) is 22.8 Å². The van der Waals surface area contributed by atoms with Gasteiger partial charge in [-0.05, 0) is 31.5 Å². The van der Waals surface area contributed by atoms with Crippen molar-refractivity contribution in [3.8, 4) is 5.75 Å². The summed E-state index contributed by atoms with van der Waals surface area (Å²) in [6.45, 7) is 3.28. The molecule has 5 nitrogen and oxygen atoms in total. The van der Waals surface area contributed by atoms with Crippen molar-refractivity contribution in [3.05, 3.63) is 39.4 Å². The zero-order valence-electron chi connectivity index (χ0n) is 10.4. The topological polar surface area (TPSA) is 79.4 Å². The van der Waals surface area contributed by atoms with Gasteiger partial charge in [0.1, 0.15) is 11.6 Å². The molecule has 1 aromatic carbocycles. The molecule has 1 heterocycles. The number of hydrogen-bond acceptors (Lipinski definition) is 4. The number of carbonyl (C=O) groups excluding carboxylic acids is 1. The first-order valence-electron chi connectivity index (χ1n) is 5.68. The third-order valence-electron chi connectivity index (χ3n) is 2.67. The fourth-order valence-electron chi connectivity index (χ4n) is 1.87. The predicted octanol–water partition coefficient (Wildman–Crippen LogP) is 1.86. The Morgan fingerprint density at radius 1 is 1.47 bits per heavy atom. The van der Waals surface area contributed by atoms with Crippen molar-refractivity contribution in [2.24, 2.45) is 0 Å². The minimum atomic E-state index is -0.940. The molecule has 0 aliphatic carbocycles. The maximum Gasteiger partial charge on any atom is 0.347 e. The Kier molecular flexibility index (Phi) is 3.25. The molecule has 0 spiro atoms. The highest BCUT2D eigenvalue weighted by atomic mass is 19.1. The van der Waals surface area contributed by atoms with E-state index < -0.39 is 28.7 Å². The zero-order valence-corrected chi connectivity index (χ0v) is 10.4. The van der Waals surface area contributed by atoms with E-state index in [1.54, 1.807) is 13.8 Å². The molecule has 0 unspecified atom stereocenters. The molecule has 0 bridgehead atoms. The number of aryl methyl sites for hydroxylation is 1. The van der Waals surface area contributed by atoms with E-state index in [1.165, 1.54) is 12.1 Å². The number of pyridine rings is 1. The number of rotatable bonds is 2. The van der Waals surface area contributed by atoms with Crippen LogP contribution in [0, 0.1) is 12.7 Å². The number of aromatic amines is 1. The second-order valence-electron chi connectivity index (χ2n) is 4.07. The first kappa shape index (κ1) is 13.1. The summed E-state index contributed by atoms with van der Waals surface area (Å²) in [5, 5.41) is 10.1. The van der Waals surface area contributed by atoms with Crippen LogP contribution in [0.5, 0.6) is 5.75 Å². The van der Waals surface area contributed by atoms with Crippen LogP contribution in [0.2, 0.25) is 0 Å². The van der Waals surface area contributed by atoms with E-state index in [1.807, 2.05) is 0 Å². The number of aromatic hydroxyl groups is 1. The quantitative estimate of drug-likeness (QED) is 0.812. The van der Waals surface area contributed by atoms with Gasteiger partial charge >= 0.3 is 5.97 Å². The van der Waals surface area contributed by atoms with Gasteiger partial charge in [-0.2, -0.15) is 0 Å². The number of esters is 1. The molecule has 100 valence electrons. The van der Waals surface area contributed by atoms with Crippen LogP contribution < -0.4 is 5.56 Å². The molecule has 6 heteroatoms. The van der Waals surface area contributed by atoms with Gasteiger partial charge in [-0.3, -0.25) is 4.79 Å². The summed E-state index contributed by atoms with van der Waals surface area (Å²) < 4.78 is 18.4. The van der Waals surface area contributed by atoms with Crippen LogP contribution in [-0.2, 0) is 4.74 Å². The number of fused-ring (bicyclic) bond motifs is 1. The summed E-state index contributed by atoms with van der Waals surface area (Å²) >= 11 is 0. The molecule has 2 rings (SSSR count). The number of ether oxygens (including phenoxy) is 1. The normalized spacial score (nSPS) is 10.7. The largest absolute Gasteiger partial charge is 0.506 e. The van der Waals surface area contributed by atoms with E-state index in [0.717, 1.165) is 0 Å². The molecule has 0 radical (unpaired) electrons. The third-order valence-corrected chi connectivity index (χ3v) is 2.67. The SMILES string of the molecule is CCOC(=O)c1c(O)c2cc(C)cc(F)c2[nH]c1=O. The second kappa shape index (κ2) is 4.72. The Morgan fingerprint density at radius 3 is 2.79 bits per heavy atom. The molecular weight excluding hydrogens is 253 g/mol. The maximum absolute atomic E-state index is 13.7. The Hall–Kier alpha value is -2.37. The Balaban J connectivity index is 2.82. The average molecular weight is 265 g/mol. The lowest BCUT2D eigenvalue weighted by atomic mass is 10.1. The number of benzene rings is 1. The summed E-state index contributed by atoms with van der Waals surface area (Å²) in [4.78, 5) is 25.6. The molecule has 0 saturated carbocycles. The van der Waals surface area contributed by atoms with Crippen molar-refractivity contribution in [1.82, 2.24) is 4.98 Å². The highest BCUT2D eigenvalue weighted by molar-refractivity contribution is 5.99. The van der Waals surface area contributed by atoms with E-state index in [4.69, 9.17) is 0 Å². The summed E-state index contributed by atoms with van der Waals surface area (Å²) in [5.41, 5.74) is -0.978. The highest BCUT2D eigenvalue weighted by Crippen LogP contribution is 2.27. The van der Waals surface area contributed by atoms with Crippen LogP contribution in [0.15, 0.2) is 16.9 Å². The molecule has 0 amide bonds. The number of H-pyrrole nitrogens is 1. The number of aromatic nitrogens is 1. The van der Waals surface area contributed by atoms with Gasteiger partial charge in [-0.1, -0.05) is 0 Å². The first-order valence-corrected chi connectivity index (χ1v) is 5.68. The lowest BCUT2D eigenvalue weighted by molar-refractivity contribution is 0.0521. The molecule has 0 aliphatic rings. The van der Waals surface area contributed by atoms with Gasteiger partial charge in [-0.25, -0.2) is 9.18 Å². The van der Waals surface area contributed by atoms with Crippen LogP contribution >= 0.6 is 0 Å². The van der Waals surface area contributed by atoms with Gasteiger partial charge < -0.3 is 14.8 Å². The van der Waals surface area contributed by atoms with Crippen molar-refractivity contribution >= 4 is 16.9 Å². The van der Waals surface area contributed by atoms with Crippen LogP contribution in [-0.4, -0.2) is 22.7 Å². The Bertz CT molecular complexity index is 721. The van der Waals surface area contributed by atoms with Crippen molar-refractivity contribution in [2.45, 2.75) is 13.8 Å². The summed E-state index contributed by atoms with van der Waals surface area (Å²) in [6.07, 6.45) is 0. The molecule has 19 heavy (non-hydrogen) atoms. The molecule has 0 atom stereocenters. The standard InChI is InChI=1S/C13H12FNO4/c1-3-19-13(18)9-11(16)7-4-6(2)5-8(14)10(7)15-12(9)17/h4-5H,3H2,1-2H3,(H2,15,16,17). The summed E-state index contributed by atoms with van der Waals surface area (Å²) in [5.74, 6) is -2.18. The van der Waals surface area contributed by atoms with Gasteiger partial charge in [-0.15, -0.1) is 0 Å². The van der Waals surface area contributed by atoms with E-state index in [9.17, 15) is 19.1 Å². The van der Waals surface area contributed by atoms with Crippen molar-refractivity contribution in [1.29, 1.82) is 0 Å². The smallest absolute Gasteiger partial charge is 0.347 e.